The average molecular weight is 405 g/mol. The van der Waals surface area contributed by atoms with Gasteiger partial charge in [-0.2, -0.15) is 0 Å². The Labute approximate surface area is 162 Å². The highest BCUT2D eigenvalue weighted by Gasteiger charge is 2.27. The molecule has 1 saturated heterocycles. The number of alkyl halides is 2. The van der Waals surface area contributed by atoms with Crippen molar-refractivity contribution in [3.05, 3.63) is 59.8 Å². The van der Waals surface area contributed by atoms with Crippen LogP contribution in [0, 0.1) is 6.92 Å². The molecule has 0 atom stereocenters. The van der Waals surface area contributed by atoms with Gasteiger partial charge in [0.2, 0.25) is 0 Å². The molecule has 148 valence electrons. The number of rotatable bonds is 4. The quantitative estimate of drug-likeness (QED) is 0.722. The fourth-order valence-corrected chi connectivity index (χ4v) is 5.00. The van der Waals surface area contributed by atoms with Crippen molar-refractivity contribution < 1.29 is 17.2 Å². The Morgan fingerprint density at radius 1 is 1.04 bits per heavy atom. The molecule has 1 fully saturated rings. The molecule has 0 saturated carbocycles. The number of halogens is 2. The van der Waals surface area contributed by atoms with Crippen molar-refractivity contribution in [3.63, 3.8) is 0 Å². The van der Waals surface area contributed by atoms with E-state index in [1.54, 1.807) is 30.3 Å². The van der Waals surface area contributed by atoms with Gasteiger partial charge in [-0.1, -0.05) is 23.8 Å². The monoisotopic (exact) mass is 405 g/mol. The summed E-state index contributed by atoms with van der Waals surface area (Å²) >= 11 is 0. The third kappa shape index (κ3) is 3.16. The molecule has 1 aliphatic rings. The molecule has 0 bridgehead atoms. The van der Waals surface area contributed by atoms with Crippen LogP contribution in [-0.2, 0) is 10.0 Å². The molecule has 4 rings (SSSR count). The van der Waals surface area contributed by atoms with E-state index >= 15 is 0 Å². The predicted molar refractivity (Wildman–Crippen MR) is 106 cm³/mol. The van der Waals surface area contributed by atoms with Gasteiger partial charge < -0.3 is 10.2 Å². The second kappa shape index (κ2) is 7.18. The van der Waals surface area contributed by atoms with Crippen molar-refractivity contribution in [2.24, 2.45) is 0 Å². The van der Waals surface area contributed by atoms with Crippen LogP contribution in [0.15, 0.2) is 53.6 Å². The number of hydrogen-bond donors (Lipinski definition) is 1. The lowest BCUT2D eigenvalue weighted by Crippen LogP contribution is -2.43. The lowest BCUT2D eigenvalue weighted by Gasteiger charge is -2.30. The molecule has 2 heterocycles. The zero-order valence-corrected chi connectivity index (χ0v) is 16.2. The van der Waals surface area contributed by atoms with Crippen LogP contribution in [0.2, 0.25) is 0 Å². The highest BCUT2D eigenvalue weighted by molar-refractivity contribution is 7.90. The zero-order valence-electron chi connectivity index (χ0n) is 15.4. The summed E-state index contributed by atoms with van der Waals surface area (Å²) in [6.07, 6.45) is -1.71. The average Bonchev–Trinajstić information content (AvgIpc) is 3.10. The fourth-order valence-electron chi connectivity index (χ4n) is 3.63. The Morgan fingerprint density at radius 3 is 2.36 bits per heavy atom. The number of piperazine rings is 1. The maximum Gasteiger partial charge on any atom is 0.268 e. The van der Waals surface area contributed by atoms with Gasteiger partial charge in [0.1, 0.15) is 0 Å². The molecule has 5 nitrogen and oxygen atoms in total. The van der Waals surface area contributed by atoms with Gasteiger partial charge in [-0.3, -0.25) is 0 Å². The first-order valence-corrected chi connectivity index (χ1v) is 10.5. The Morgan fingerprint density at radius 2 is 1.71 bits per heavy atom. The Kier molecular flexibility index (Phi) is 4.84. The molecular weight excluding hydrogens is 384 g/mol. The maximum atomic E-state index is 13.9. The highest BCUT2D eigenvalue weighted by atomic mass is 32.2. The van der Waals surface area contributed by atoms with E-state index in [9.17, 15) is 17.2 Å². The predicted octanol–water partition coefficient (Wildman–Crippen LogP) is 3.53. The minimum Gasteiger partial charge on any atom is -0.368 e. The van der Waals surface area contributed by atoms with E-state index < -0.39 is 16.4 Å². The standard InChI is InChI=1S/C20H21F2N3O2S/c1-14-5-7-15(8-6-14)28(26,27)25-13-16(20(21)22)19-17(3-2-4-18(19)25)24-11-9-23-10-12-24/h2-8,13,20,23H,9-12H2,1H3. The normalized spacial score (nSPS) is 15.5. The third-order valence-electron chi connectivity index (χ3n) is 5.07. The van der Waals surface area contributed by atoms with Gasteiger partial charge in [0, 0.05) is 49.0 Å². The van der Waals surface area contributed by atoms with Crippen LogP contribution >= 0.6 is 0 Å². The van der Waals surface area contributed by atoms with Crippen LogP contribution in [0.1, 0.15) is 17.6 Å². The number of hydrogen-bond acceptors (Lipinski definition) is 4. The van der Waals surface area contributed by atoms with E-state index in [4.69, 9.17) is 0 Å². The van der Waals surface area contributed by atoms with Crippen molar-refractivity contribution >= 4 is 26.6 Å². The van der Waals surface area contributed by atoms with Crippen molar-refractivity contribution in [2.45, 2.75) is 18.2 Å². The molecule has 8 heteroatoms. The molecule has 2 aromatic carbocycles. The summed E-state index contributed by atoms with van der Waals surface area (Å²) in [5.41, 5.74) is 1.57. The Balaban J connectivity index is 1.94. The van der Waals surface area contributed by atoms with Crippen LogP contribution in [0.25, 0.3) is 10.9 Å². The largest absolute Gasteiger partial charge is 0.368 e. The molecule has 1 N–H and O–H groups in total. The molecule has 0 spiro atoms. The minimum absolute atomic E-state index is 0.0726. The van der Waals surface area contributed by atoms with Crippen LogP contribution < -0.4 is 10.2 Å². The first-order valence-electron chi connectivity index (χ1n) is 9.09. The van der Waals surface area contributed by atoms with Crippen LogP contribution in [0.4, 0.5) is 14.5 Å². The number of nitrogens with zero attached hydrogens (tertiary/aromatic N) is 2. The molecule has 3 aromatic rings. The van der Waals surface area contributed by atoms with Crippen molar-refractivity contribution in [1.29, 1.82) is 0 Å². The van der Waals surface area contributed by atoms with Gasteiger partial charge in [-0.25, -0.2) is 21.2 Å². The van der Waals surface area contributed by atoms with E-state index in [-0.39, 0.29) is 16.0 Å². The summed E-state index contributed by atoms with van der Waals surface area (Å²) in [7, 11) is -3.99. The van der Waals surface area contributed by atoms with Crippen LogP contribution in [0.5, 0.6) is 0 Å². The number of nitrogens with one attached hydrogen (secondary N) is 1. The molecule has 1 aromatic heterocycles. The third-order valence-corrected chi connectivity index (χ3v) is 6.76. The van der Waals surface area contributed by atoms with Gasteiger partial charge in [0.05, 0.1) is 10.4 Å². The summed E-state index contributed by atoms with van der Waals surface area (Å²) in [5, 5.41) is 3.54. The smallest absolute Gasteiger partial charge is 0.268 e. The Bertz CT molecular complexity index is 1100. The van der Waals surface area contributed by atoms with Gasteiger partial charge in [-0.15, -0.1) is 0 Å². The zero-order chi connectivity index (χ0) is 19.9. The second-order valence-electron chi connectivity index (χ2n) is 6.91. The number of aryl methyl sites for hydroxylation is 1. The molecule has 28 heavy (non-hydrogen) atoms. The van der Waals surface area contributed by atoms with E-state index in [0.29, 0.717) is 24.2 Å². The van der Waals surface area contributed by atoms with Crippen LogP contribution in [0.3, 0.4) is 0 Å². The first-order chi connectivity index (χ1) is 13.4. The summed E-state index contributed by atoms with van der Waals surface area (Å²) < 4.78 is 55.1. The molecule has 0 unspecified atom stereocenters. The van der Waals surface area contributed by atoms with E-state index in [0.717, 1.165) is 28.8 Å². The number of anilines is 1. The first kappa shape index (κ1) is 18.9. The van der Waals surface area contributed by atoms with E-state index in [2.05, 4.69) is 5.32 Å². The minimum atomic E-state index is -3.99. The fraction of sp³-hybridized carbons (Fsp3) is 0.300. The molecule has 0 aliphatic carbocycles. The van der Waals surface area contributed by atoms with Crippen molar-refractivity contribution in [2.75, 3.05) is 31.1 Å². The summed E-state index contributed by atoms with van der Waals surface area (Å²) in [4.78, 5) is 2.09. The number of benzene rings is 2. The second-order valence-corrected chi connectivity index (χ2v) is 8.72. The molecular formula is C20H21F2N3O2S. The van der Waals surface area contributed by atoms with Crippen LogP contribution in [-0.4, -0.2) is 38.6 Å². The topological polar surface area (TPSA) is 54.3 Å². The highest BCUT2D eigenvalue weighted by Crippen LogP contribution is 2.38. The summed E-state index contributed by atoms with van der Waals surface area (Å²) in [5.74, 6) is 0. The van der Waals surface area contributed by atoms with Crippen molar-refractivity contribution in [1.82, 2.24) is 9.29 Å². The van der Waals surface area contributed by atoms with Gasteiger partial charge in [0.15, 0.2) is 0 Å². The summed E-state index contributed by atoms with van der Waals surface area (Å²) in [6, 6.07) is 11.5. The summed E-state index contributed by atoms with van der Waals surface area (Å²) in [6.45, 7) is 4.72. The SMILES string of the molecule is Cc1ccc(S(=O)(=O)n2cc(C(F)F)c3c(N4CCNCC4)cccc32)cc1. The van der Waals surface area contributed by atoms with Gasteiger partial charge in [0.25, 0.3) is 16.4 Å². The molecule has 0 amide bonds. The number of fused-ring (bicyclic) bond motifs is 1. The molecule has 0 radical (unpaired) electrons. The van der Waals surface area contributed by atoms with E-state index in [1.165, 1.54) is 12.1 Å². The van der Waals surface area contributed by atoms with E-state index in [1.807, 2.05) is 11.8 Å². The van der Waals surface area contributed by atoms with Gasteiger partial charge in [-0.05, 0) is 31.2 Å². The number of aromatic nitrogens is 1. The Hall–Kier alpha value is -2.45. The van der Waals surface area contributed by atoms with Gasteiger partial charge >= 0.3 is 0 Å². The lowest BCUT2D eigenvalue weighted by molar-refractivity contribution is 0.153. The lowest BCUT2D eigenvalue weighted by atomic mass is 10.1. The van der Waals surface area contributed by atoms with Crippen molar-refractivity contribution in [3.8, 4) is 0 Å². The molecule has 1 aliphatic heterocycles. The maximum absolute atomic E-state index is 13.9.